The van der Waals surface area contributed by atoms with Crippen LogP contribution in [0.3, 0.4) is 0 Å². The molecule has 1 aromatic heterocycles. The zero-order valence-corrected chi connectivity index (χ0v) is 57.8. The van der Waals surface area contributed by atoms with Crippen molar-refractivity contribution < 1.29 is 87.2 Å². The molecule has 0 aliphatic heterocycles. The number of aliphatic imine (C=N–C) groups is 1. The smallest absolute Gasteiger partial charge is 0.305 e. The Labute approximate surface area is 588 Å². The second kappa shape index (κ2) is 42.8. The van der Waals surface area contributed by atoms with E-state index in [-0.39, 0.29) is 56.1 Å². The van der Waals surface area contributed by atoms with Crippen LogP contribution in [0.5, 0.6) is 0 Å². The molecule has 0 aliphatic rings. The number of aromatic amines is 1. The number of hydrogen-bond donors (Lipinski definition) is 20. The van der Waals surface area contributed by atoms with Crippen molar-refractivity contribution in [3.05, 3.63) is 90.0 Å². The minimum atomic E-state index is -2.02. The van der Waals surface area contributed by atoms with E-state index in [1.54, 1.807) is 76.2 Å². The summed E-state index contributed by atoms with van der Waals surface area (Å²) in [4.78, 5) is 214. The van der Waals surface area contributed by atoms with Gasteiger partial charge in [0.05, 0.1) is 31.8 Å². The van der Waals surface area contributed by atoms with Gasteiger partial charge >= 0.3 is 11.9 Å². The van der Waals surface area contributed by atoms with E-state index in [1.807, 2.05) is 0 Å². The molecule has 0 fully saturated rings. The van der Waals surface area contributed by atoms with Crippen LogP contribution >= 0.6 is 0 Å². The number of hydrogen-bond acceptors (Lipinski definition) is 19. The fourth-order valence-electron chi connectivity index (χ4n) is 9.94. The summed E-state index contributed by atoms with van der Waals surface area (Å²) in [6.45, 7) is 9.97. The highest BCUT2D eigenvalue weighted by molar-refractivity contribution is 6.01. The third-order valence-corrected chi connectivity index (χ3v) is 15.9. The number of aliphatic hydroxyl groups excluding tert-OH is 1. The van der Waals surface area contributed by atoms with Gasteiger partial charge in [-0.05, 0) is 61.5 Å². The number of carboxylic acids is 2. The SMILES string of the molecule is CC[C@H](C)[C@H](N)C(=O)N[C@@H](CO)C(=O)N[C@H](C(=O)N[C@H](C(=O)N[C@@H](CC(N)=O)C(=O)N[C@@H](CC(C)C)C(=O)N[C@@H](CC(=O)O)C(=O)N[C@@H](C)C(=O)N[C@@H](CCC(=O)O)C(=O)N[C@@H](Cc1ccccc1)C(=O)N[C@@H](CCCN=C(N)N)C(=O)N[C@@H](Cc1cnc[nH]1)C(N)=O)C(C)C)c1ccccc1. The lowest BCUT2D eigenvalue weighted by atomic mass is 9.99. The first-order valence-corrected chi connectivity index (χ1v) is 32.9. The van der Waals surface area contributed by atoms with Crippen molar-refractivity contribution in [1.29, 1.82) is 0 Å². The number of nitrogens with zero attached hydrogens (tertiary/aromatic N) is 2. The maximum absolute atomic E-state index is 14.4. The number of aliphatic hydroxyl groups is 1. The molecule has 37 nitrogen and oxygen atoms in total. The normalized spacial score (nSPS) is 14.9. The van der Waals surface area contributed by atoms with Gasteiger partial charge in [-0.1, -0.05) is 109 Å². The van der Waals surface area contributed by atoms with E-state index >= 15 is 0 Å². The molecule has 0 unspecified atom stereocenters. The van der Waals surface area contributed by atoms with Crippen molar-refractivity contribution in [2.75, 3.05) is 13.2 Å². The maximum atomic E-state index is 14.4. The molecule has 13 atom stereocenters. The molecule has 37 heteroatoms. The van der Waals surface area contributed by atoms with Gasteiger partial charge in [-0.3, -0.25) is 76.9 Å². The molecule has 1 heterocycles. The molecule has 0 bridgehead atoms. The van der Waals surface area contributed by atoms with Crippen LogP contribution in [0.25, 0.3) is 0 Å². The van der Waals surface area contributed by atoms with E-state index in [1.165, 1.54) is 38.5 Å². The Kier molecular flexibility index (Phi) is 35.7. The molecular weight excluding hydrogens is 1330 g/mol. The number of aliphatic carboxylic acids is 2. The summed E-state index contributed by atoms with van der Waals surface area (Å²) in [6.07, 6.45) is -0.756. The average molecular weight is 1430 g/mol. The van der Waals surface area contributed by atoms with Gasteiger partial charge in [-0.2, -0.15) is 0 Å². The van der Waals surface area contributed by atoms with Crippen LogP contribution in [0.1, 0.15) is 123 Å². The number of rotatable bonds is 45. The van der Waals surface area contributed by atoms with Crippen molar-refractivity contribution >= 4 is 94.7 Å². The van der Waals surface area contributed by atoms with E-state index in [0.29, 0.717) is 17.7 Å². The first-order valence-electron chi connectivity index (χ1n) is 32.9. The number of aromatic nitrogens is 2. The summed E-state index contributed by atoms with van der Waals surface area (Å²) in [5.41, 5.74) is 29.3. The number of amides is 13. The minimum Gasteiger partial charge on any atom is -0.481 e. The molecule has 25 N–H and O–H groups in total. The molecule has 3 rings (SSSR count). The number of nitrogens with two attached hydrogens (primary N) is 5. The van der Waals surface area contributed by atoms with Crippen LogP contribution in [-0.2, 0) is 84.8 Å². The molecule has 0 radical (unpaired) electrons. The number of nitrogens with one attached hydrogen (secondary N) is 12. The van der Waals surface area contributed by atoms with Crippen LogP contribution in [-0.4, -0.2) is 200 Å². The standard InChI is InChI=1S/C65H97N19O18/c1-8-34(6)50(67)62(100)82-46(30-85)61(99)84-52(37-18-13-10-14-19-37)64(102)83-51(33(4)5)63(101)81-44(27-47(66)86)60(98)78-42(24-32(2)3)58(96)80-45(28-49(89)90)57(95)74-35(7)54(92)75-40(21-22-48(87)88)56(94)79-43(25-36-16-11-9-12-17-36)59(97)76-39(20-15-23-72-65(69)70)55(93)77-41(53(68)91)26-38-29-71-31-73-38/h9-14,16-19,29,31-35,39-46,50-52,85H,8,15,20-28,30,67H2,1-7H3,(H2,66,86)(H2,68,91)(H,71,73)(H,74,95)(H,75,92)(H,76,97)(H,77,93)(H,78,98)(H,79,94)(H,80,96)(H,81,101)(H,82,100)(H,83,102)(H,84,99)(H,87,88)(H,89,90)(H4,69,70,72)/t34-,35-,39-,40-,41-,42-,43-,44-,45-,46-,50-,51-,52-/m0/s1. The molecule has 560 valence electrons. The number of primary amides is 2. The van der Waals surface area contributed by atoms with E-state index in [0.717, 1.165) is 6.92 Å². The second-order valence-electron chi connectivity index (χ2n) is 25.0. The Hall–Kier alpha value is -11.1. The summed E-state index contributed by atoms with van der Waals surface area (Å²) in [5.74, 6) is -18.5. The highest BCUT2D eigenvalue weighted by Gasteiger charge is 2.38. The molecule has 0 aliphatic carbocycles. The first kappa shape index (κ1) is 85.1. The number of guanidine groups is 1. The third kappa shape index (κ3) is 29.8. The zero-order valence-electron chi connectivity index (χ0n) is 57.8. The molecule has 3 aromatic rings. The van der Waals surface area contributed by atoms with Crippen molar-refractivity contribution in [3.63, 3.8) is 0 Å². The molecule has 0 saturated carbocycles. The Morgan fingerprint density at radius 1 is 0.520 bits per heavy atom. The largest absolute Gasteiger partial charge is 0.481 e. The molecular formula is C65H97N19O18. The van der Waals surface area contributed by atoms with Gasteiger partial charge in [0, 0.05) is 37.7 Å². The Balaban J connectivity index is 1.88. The number of carboxylic acid groups (broad SMARTS) is 2. The molecule has 0 spiro atoms. The maximum Gasteiger partial charge on any atom is 0.305 e. The Bertz CT molecular complexity index is 3390. The zero-order chi connectivity index (χ0) is 76.5. The van der Waals surface area contributed by atoms with Gasteiger partial charge in [0.2, 0.25) is 76.8 Å². The summed E-state index contributed by atoms with van der Waals surface area (Å²) in [7, 11) is 0. The predicted molar refractivity (Wildman–Crippen MR) is 366 cm³/mol. The van der Waals surface area contributed by atoms with Crippen molar-refractivity contribution in [3.8, 4) is 0 Å². The minimum absolute atomic E-state index is 0.00316. The molecule has 102 heavy (non-hydrogen) atoms. The van der Waals surface area contributed by atoms with Gasteiger partial charge in [0.25, 0.3) is 0 Å². The number of benzene rings is 2. The summed E-state index contributed by atoms with van der Waals surface area (Å²) in [6, 6.07) is -3.22. The quantitative estimate of drug-likeness (QED) is 0.0143. The lowest BCUT2D eigenvalue weighted by Crippen LogP contribution is -2.61. The number of H-pyrrole nitrogens is 1. The van der Waals surface area contributed by atoms with Gasteiger partial charge in [0.15, 0.2) is 5.96 Å². The van der Waals surface area contributed by atoms with Crippen molar-refractivity contribution in [2.45, 2.75) is 185 Å². The van der Waals surface area contributed by atoms with E-state index in [2.05, 4.69) is 73.4 Å². The summed E-state index contributed by atoms with van der Waals surface area (Å²) >= 11 is 0. The second-order valence-corrected chi connectivity index (χ2v) is 25.0. The van der Waals surface area contributed by atoms with E-state index < -0.39 is 205 Å². The number of imidazole rings is 1. The van der Waals surface area contributed by atoms with Gasteiger partial charge in [-0.25, -0.2) is 4.98 Å². The lowest BCUT2D eigenvalue weighted by Gasteiger charge is -2.29. The average Bonchev–Trinajstić information content (AvgIpc) is 0.940. The lowest BCUT2D eigenvalue weighted by molar-refractivity contribution is -0.142. The predicted octanol–water partition coefficient (Wildman–Crippen LogP) is -5.26. The van der Waals surface area contributed by atoms with Crippen LogP contribution in [0, 0.1) is 17.8 Å². The van der Waals surface area contributed by atoms with Crippen LogP contribution in [0.4, 0.5) is 0 Å². The third-order valence-electron chi connectivity index (χ3n) is 15.9. The fourth-order valence-corrected chi connectivity index (χ4v) is 9.94. The van der Waals surface area contributed by atoms with Crippen LogP contribution in [0.15, 0.2) is 78.2 Å². The fraction of sp³-hybridized carbons (Fsp3) is 0.523. The molecule has 0 saturated heterocycles. The van der Waals surface area contributed by atoms with Crippen LogP contribution in [0.2, 0.25) is 0 Å². The van der Waals surface area contributed by atoms with Crippen molar-refractivity contribution in [2.24, 2.45) is 51.4 Å². The topological polar surface area (TPSA) is 620 Å². The Morgan fingerprint density at radius 3 is 1.56 bits per heavy atom. The number of carbonyl (C=O) groups excluding carboxylic acids is 13. The molecule has 2 aromatic carbocycles. The first-order chi connectivity index (χ1) is 48.0. The highest BCUT2D eigenvalue weighted by atomic mass is 16.4. The van der Waals surface area contributed by atoms with Gasteiger partial charge < -0.3 is 107 Å². The Morgan fingerprint density at radius 2 is 1.02 bits per heavy atom. The van der Waals surface area contributed by atoms with Crippen LogP contribution < -0.4 is 87.2 Å². The number of carbonyl (C=O) groups is 15. The van der Waals surface area contributed by atoms with Gasteiger partial charge in [0.1, 0.15) is 66.5 Å². The van der Waals surface area contributed by atoms with Crippen molar-refractivity contribution in [1.82, 2.24) is 68.5 Å². The monoisotopic (exact) mass is 1430 g/mol. The summed E-state index contributed by atoms with van der Waals surface area (Å²) < 4.78 is 0. The highest BCUT2D eigenvalue weighted by Crippen LogP contribution is 2.17. The van der Waals surface area contributed by atoms with E-state index in [9.17, 15) is 87.2 Å². The van der Waals surface area contributed by atoms with Gasteiger partial charge in [-0.15, -0.1) is 0 Å². The van der Waals surface area contributed by atoms with E-state index in [4.69, 9.17) is 28.7 Å². The molecule has 13 amide bonds. The summed E-state index contributed by atoms with van der Waals surface area (Å²) in [5, 5.41) is 56.4.